The summed E-state index contributed by atoms with van der Waals surface area (Å²) in [5.41, 5.74) is -0.549. The number of rotatable bonds is 6. The van der Waals surface area contributed by atoms with Gasteiger partial charge in [-0.05, 0) is 36.4 Å². The number of nitrogens with one attached hydrogen (secondary N) is 2. The second-order valence-corrected chi connectivity index (χ2v) is 4.44. The Morgan fingerprint density at radius 1 is 1.17 bits per heavy atom. The predicted octanol–water partition coefficient (Wildman–Crippen LogP) is 1.77. The molecular weight excluding hydrogens is 326 g/mol. The second-order valence-electron chi connectivity index (χ2n) is 4.44. The summed E-state index contributed by atoms with van der Waals surface area (Å²) >= 11 is 0. The van der Waals surface area contributed by atoms with Crippen LogP contribution in [0.4, 0.5) is 14.5 Å². The van der Waals surface area contributed by atoms with E-state index in [-0.39, 0.29) is 11.3 Å². The Bertz CT molecular complexity index is 774. The molecule has 0 aliphatic rings. The van der Waals surface area contributed by atoms with E-state index in [1.807, 2.05) is 0 Å². The van der Waals surface area contributed by atoms with Crippen LogP contribution < -0.4 is 15.6 Å². The summed E-state index contributed by atoms with van der Waals surface area (Å²) in [6.07, 6.45) is 1.35. The number of alkyl halides is 2. The zero-order chi connectivity index (χ0) is 17.5. The van der Waals surface area contributed by atoms with Gasteiger partial charge in [-0.15, -0.1) is 0 Å². The monoisotopic (exact) mass is 338 g/mol. The first-order valence-corrected chi connectivity index (χ1v) is 6.65. The van der Waals surface area contributed by atoms with E-state index in [9.17, 15) is 23.2 Å². The first kappa shape index (κ1) is 17.1. The van der Waals surface area contributed by atoms with Gasteiger partial charge in [-0.1, -0.05) is 0 Å². The second kappa shape index (κ2) is 7.86. The molecule has 0 bridgehead atoms. The number of aromatic amines is 1. The molecule has 0 aliphatic heterocycles. The van der Waals surface area contributed by atoms with Crippen LogP contribution in [0.15, 0.2) is 47.4 Å². The molecule has 1 amide bonds. The number of amides is 1. The van der Waals surface area contributed by atoms with Crippen molar-refractivity contribution in [3.8, 4) is 5.75 Å². The number of esters is 1. The number of halogens is 2. The van der Waals surface area contributed by atoms with Crippen molar-refractivity contribution in [1.82, 2.24) is 4.98 Å². The van der Waals surface area contributed by atoms with E-state index in [2.05, 4.69) is 15.0 Å². The number of hydrogen-bond acceptors (Lipinski definition) is 5. The Balaban J connectivity index is 1.86. The first-order chi connectivity index (χ1) is 11.5. The summed E-state index contributed by atoms with van der Waals surface area (Å²) < 4.78 is 32.9. The zero-order valence-corrected chi connectivity index (χ0v) is 12.1. The smallest absolute Gasteiger partial charge is 0.387 e. The van der Waals surface area contributed by atoms with Crippen LogP contribution in [-0.4, -0.2) is 30.1 Å². The molecule has 0 atom stereocenters. The Morgan fingerprint density at radius 3 is 2.50 bits per heavy atom. The average molecular weight is 338 g/mol. The lowest BCUT2D eigenvalue weighted by molar-refractivity contribution is -0.119. The molecule has 2 aromatic rings. The molecule has 1 heterocycles. The third-order valence-electron chi connectivity index (χ3n) is 2.74. The third-order valence-corrected chi connectivity index (χ3v) is 2.74. The van der Waals surface area contributed by atoms with Gasteiger partial charge in [0.2, 0.25) is 0 Å². The Morgan fingerprint density at radius 2 is 1.88 bits per heavy atom. The average Bonchev–Trinajstić information content (AvgIpc) is 2.54. The maximum Gasteiger partial charge on any atom is 0.387 e. The number of H-pyrrole nitrogens is 1. The van der Waals surface area contributed by atoms with Crippen LogP contribution in [-0.2, 0) is 9.53 Å². The molecule has 0 spiro atoms. The number of hydrogen-bond donors (Lipinski definition) is 2. The summed E-state index contributed by atoms with van der Waals surface area (Å²) in [5, 5.41) is 2.40. The number of benzene rings is 1. The Hall–Kier alpha value is -3.23. The van der Waals surface area contributed by atoms with Crippen LogP contribution in [0, 0.1) is 0 Å². The van der Waals surface area contributed by atoms with Gasteiger partial charge in [-0.3, -0.25) is 9.59 Å². The van der Waals surface area contributed by atoms with E-state index in [4.69, 9.17) is 4.74 Å². The van der Waals surface area contributed by atoms with E-state index < -0.39 is 30.7 Å². The van der Waals surface area contributed by atoms with Gasteiger partial charge in [-0.2, -0.15) is 8.78 Å². The summed E-state index contributed by atoms with van der Waals surface area (Å²) in [5.74, 6) is -1.65. The molecule has 24 heavy (non-hydrogen) atoms. The highest BCUT2D eigenvalue weighted by Crippen LogP contribution is 2.17. The molecule has 0 radical (unpaired) electrons. The van der Waals surface area contributed by atoms with Crippen molar-refractivity contribution in [2.75, 3.05) is 11.9 Å². The Labute approximate surface area is 134 Å². The van der Waals surface area contributed by atoms with Gasteiger partial charge in [0.1, 0.15) is 11.3 Å². The highest BCUT2D eigenvalue weighted by atomic mass is 19.3. The Kier molecular flexibility index (Phi) is 5.61. The molecule has 7 nitrogen and oxygen atoms in total. The van der Waals surface area contributed by atoms with Crippen molar-refractivity contribution in [3.05, 3.63) is 58.5 Å². The zero-order valence-electron chi connectivity index (χ0n) is 12.1. The van der Waals surface area contributed by atoms with Crippen LogP contribution >= 0.6 is 0 Å². The lowest BCUT2D eigenvalue weighted by Gasteiger charge is -2.08. The molecule has 0 saturated carbocycles. The minimum Gasteiger partial charge on any atom is -0.452 e. The molecule has 0 saturated heterocycles. The molecule has 0 aliphatic carbocycles. The quantitative estimate of drug-likeness (QED) is 0.783. The van der Waals surface area contributed by atoms with Gasteiger partial charge in [0.15, 0.2) is 6.61 Å². The van der Waals surface area contributed by atoms with Crippen molar-refractivity contribution in [2.45, 2.75) is 6.61 Å². The SMILES string of the molecule is O=C(COC(=O)c1ccc[nH]c1=O)Nc1ccc(OC(F)F)cc1. The van der Waals surface area contributed by atoms with Crippen molar-refractivity contribution < 1.29 is 27.8 Å². The van der Waals surface area contributed by atoms with Gasteiger partial charge in [-0.25, -0.2) is 4.79 Å². The highest BCUT2D eigenvalue weighted by Gasteiger charge is 2.13. The minimum atomic E-state index is -2.94. The van der Waals surface area contributed by atoms with Crippen molar-refractivity contribution >= 4 is 17.6 Å². The molecule has 1 aromatic heterocycles. The fourth-order valence-electron chi connectivity index (χ4n) is 1.71. The van der Waals surface area contributed by atoms with Gasteiger partial charge in [0.25, 0.3) is 11.5 Å². The van der Waals surface area contributed by atoms with Crippen LogP contribution in [0.3, 0.4) is 0 Å². The number of ether oxygens (including phenoxy) is 2. The van der Waals surface area contributed by atoms with E-state index in [1.165, 1.54) is 42.6 Å². The molecule has 126 valence electrons. The molecule has 9 heteroatoms. The molecule has 2 rings (SSSR count). The van der Waals surface area contributed by atoms with Crippen LogP contribution in [0.25, 0.3) is 0 Å². The fraction of sp³-hybridized carbons (Fsp3) is 0.133. The first-order valence-electron chi connectivity index (χ1n) is 6.65. The lowest BCUT2D eigenvalue weighted by Crippen LogP contribution is -2.24. The van der Waals surface area contributed by atoms with Crippen LogP contribution in [0.2, 0.25) is 0 Å². The summed E-state index contributed by atoms with van der Waals surface area (Å²) in [7, 11) is 0. The lowest BCUT2D eigenvalue weighted by atomic mass is 10.3. The summed E-state index contributed by atoms with van der Waals surface area (Å²) in [6.45, 7) is -3.55. The third kappa shape index (κ3) is 4.90. The van der Waals surface area contributed by atoms with Crippen LogP contribution in [0.1, 0.15) is 10.4 Å². The predicted molar refractivity (Wildman–Crippen MR) is 79.0 cm³/mol. The molecule has 2 N–H and O–H groups in total. The van der Waals surface area contributed by atoms with Gasteiger partial charge in [0, 0.05) is 11.9 Å². The normalized spacial score (nSPS) is 10.3. The number of aromatic nitrogens is 1. The molecular formula is C15H12F2N2O5. The molecule has 0 fully saturated rings. The van der Waals surface area contributed by atoms with Crippen LogP contribution in [0.5, 0.6) is 5.75 Å². The topological polar surface area (TPSA) is 97.5 Å². The standard InChI is InChI=1S/C15H12F2N2O5/c16-15(17)24-10-5-3-9(4-6-10)19-12(20)8-23-14(22)11-2-1-7-18-13(11)21/h1-7,15H,8H2,(H,18,21)(H,19,20). The fourth-order valence-corrected chi connectivity index (χ4v) is 1.71. The highest BCUT2D eigenvalue weighted by molar-refractivity contribution is 5.95. The van der Waals surface area contributed by atoms with Gasteiger partial charge < -0.3 is 19.8 Å². The van der Waals surface area contributed by atoms with Gasteiger partial charge in [0.05, 0.1) is 0 Å². The van der Waals surface area contributed by atoms with E-state index in [0.29, 0.717) is 5.69 Å². The van der Waals surface area contributed by atoms with Gasteiger partial charge >= 0.3 is 12.6 Å². The summed E-state index contributed by atoms with van der Waals surface area (Å²) in [4.78, 5) is 37.0. The number of carbonyl (C=O) groups excluding carboxylic acids is 2. The minimum absolute atomic E-state index is 0.0577. The molecule has 0 unspecified atom stereocenters. The van der Waals surface area contributed by atoms with E-state index >= 15 is 0 Å². The maximum absolute atomic E-state index is 12.0. The van der Waals surface area contributed by atoms with E-state index in [0.717, 1.165) is 0 Å². The van der Waals surface area contributed by atoms with Crippen molar-refractivity contribution in [3.63, 3.8) is 0 Å². The molecule has 1 aromatic carbocycles. The number of pyridine rings is 1. The number of carbonyl (C=O) groups is 2. The van der Waals surface area contributed by atoms with Crippen molar-refractivity contribution in [1.29, 1.82) is 0 Å². The van der Waals surface area contributed by atoms with E-state index in [1.54, 1.807) is 0 Å². The number of anilines is 1. The summed E-state index contributed by atoms with van der Waals surface area (Å²) in [6, 6.07) is 7.90. The largest absolute Gasteiger partial charge is 0.452 e. The maximum atomic E-state index is 12.0. The van der Waals surface area contributed by atoms with Crippen molar-refractivity contribution in [2.24, 2.45) is 0 Å².